The van der Waals surface area contributed by atoms with E-state index in [2.05, 4.69) is 31.0 Å². The molecule has 1 N–H and O–H groups in total. The average Bonchev–Trinajstić information content (AvgIpc) is 2.47. The molecule has 0 radical (unpaired) electrons. The minimum Gasteiger partial charge on any atom is -0.312 e. The van der Waals surface area contributed by atoms with Gasteiger partial charge in [0.2, 0.25) is 0 Å². The van der Waals surface area contributed by atoms with E-state index < -0.39 is 11.7 Å². The van der Waals surface area contributed by atoms with E-state index in [1.807, 2.05) is 0 Å². The van der Waals surface area contributed by atoms with Crippen LogP contribution in [0.25, 0.3) is 0 Å². The number of nitrogens with one attached hydrogen (secondary N) is 1. The van der Waals surface area contributed by atoms with Gasteiger partial charge in [0.1, 0.15) is 0 Å². The van der Waals surface area contributed by atoms with Crippen molar-refractivity contribution in [2.45, 2.75) is 45.5 Å². The predicted octanol–water partition coefficient (Wildman–Crippen LogP) is 4.09. The molecule has 2 atom stereocenters. The van der Waals surface area contributed by atoms with Gasteiger partial charge in [-0.25, -0.2) is 0 Å². The first-order chi connectivity index (χ1) is 9.83. The number of alkyl halides is 3. The van der Waals surface area contributed by atoms with Crippen molar-refractivity contribution in [3.8, 4) is 0 Å². The Labute approximate surface area is 125 Å². The highest BCUT2D eigenvalue weighted by atomic mass is 19.4. The van der Waals surface area contributed by atoms with Crippen molar-refractivity contribution < 1.29 is 13.2 Å². The number of halogens is 3. The van der Waals surface area contributed by atoms with Gasteiger partial charge in [0, 0.05) is 18.6 Å². The predicted molar refractivity (Wildman–Crippen MR) is 80.2 cm³/mol. The molecule has 0 saturated heterocycles. The molecule has 1 rings (SSSR count). The van der Waals surface area contributed by atoms with Crippen molar-refractivity contribution in [2.75, 3.05) is 20.1 Å². The van der Waals surface area contributed by atoms with Crippen LogP contribution in [0.5, 0.6) is 0 Å². The summed E-state index contributed by atoms with van der Waals surface area (Å²) in [5, 5.41) is 3.13. The van der Waals surface area contributed by atoms with E-state index in [1.54, 1.807) is 13.1 Å². The highest BCUT2D eigenvalue weighted by molar-refractivity contribution is 5.28. The Morgan fingerprint density at radius 2 is 1.90 bits per heavy atom. The number of hydrogen-bond acceptors (Lipinski definition) is 2. The average molecular weight is 302 g/mol. The van der Waals surface area contributed by atoms with Gasteiger partial charge < -0.3 is 5.32 Å². The van der Waals surface area contributed by atoms with Crippen molar-refractivity contribution in [1.29, 1.82) is 0 Å². The quantitative estimate of drug-likeness (QED) is 0.816. The Kier molecular flexibility index (Phi) is 6.68. The van der Waals surface area contributed by atoms with E-state index in [0.717, 1.165) is 19.0 Å². The lowest BCUT2D eigenvalue weighted by Gasteiger charge is -2.31. The highest BCUT2D eigenvalue weighted by Crippen LogP contribution is 2.31. The van der Waals surface area contributed by atoms with Gasteiger partial charge in [0.15, 0.2) is 0 Å². The molecule has 0 bridgehead atoms. The van der Waals surface area contributed by atoms with Gasteiger partial charge >= 0.3 is 6.18 Å². The molecular weight excluding hydrogens is 277 g/mol. The Bertz CT molecular complexity index is 432. The van der Waals surface area contributed by atoms with Crippen LogP contribution in [0.1, 0.15) is 44.4 Å². The van der Waals surface area contributed by atoms with Crippen molar-refractivity contribution in [2.24, 2.45) is 0 Å². The third-order valence-corrected chi connectivity index (χ3v) is 4.00. The third kappa shape index (κ3) is 5.00. The molecule has 0 amide bonds. The van der Waals surface area contributed by atoms with Gasteiger partial charge in [-0.05, 0) is 44.6 Å². The second-order valence-corrected chi connectivity index (χ2v) is 5.31. The van der Waals surface area contributed by atoms with Crippen molar-refractivity contribution >= 4 is 0 Å². The maximum atomic E-state index is 12.8. The second-order valence-electron chi connectivity index (χ2n) is 5.31. The van der Waals surface area contributed by atoms with Gasteiger partial charge in [-0.3, -0.25) is 4.90 Å². The highest BCUT2D eigenvalue weighted by Gasteiger charge is 2.31. The van der Waals surface area contributed by atoms with Crippen LogP contribution in [0, 0.1) is 0 Å². The van der Waals surface area contributed by atoms with E-state index in [1.165, 1.54) is 12.1 Å². The monoisotopic (exact) mass is 302 g/mol. The summed E-state index contributed by atoms with van der Waals surface area (Å²) in [6.07, 6.45) is -3.28. The molecule has 5 heteroatoms. The van der Waals surface area contributed by atoms with E-state index in [0.29, 0.717) is 18.2 Å². The van der Waals surface area contributed by atoms with Crippen molar-refractivity contribution in [1.82, 2.24) is 10.2 Å². The number of hydrogen-bond donors (Lipinski definition) is 1. The normalized spacial score (nSPS) is 15.2. The molecule has 2 nitrogen and oxygen atoms in total. The Morgan fingerprint density at radius 3 is 2.38 bits per heavy atom. The molecule has 1 aromatic rings. The Balaban J connectivity index is 2.94. The topological polar surface area (TPSA) is 15.3 Å². The molecule has 21 heavy (non-hydrogen) atoms. The van der Waals surface area contributed by atoms with Crippen LogP contribution < -0.4 is 5.32 Å². The maximum absolute atomic E-state index is 12.8. The molecule has 0 aromatic heterocycles. The summed E-state index contributed by atoms with van der Waals surface area (Å²) in [7, 11) is 1.79. The van der Waals surface area contributed by atoms with Crippen molar-refractivity contribution in [3.05, 3.63) is 35.4 Å². The molecule has 2 unspecified atom stereocenters. The minimum absolute atomic E-state index is 0.110. The maximum Gasteiger partial charge on any atom is 0.416 e. The van der Waals surface area contributed by atoms with Gasteiger partial charge in [-0.1, -0.05) is 26.0 Å². The van der Waals surface area contributed by atoms with E-state index in [9.17, 15) is 13.2 Å². The summed E-state index contributed by atoms with van der Waals surface area (Å²) in [4.78, 5) is 2.28. The van der Waals surface area contributed by atoms with Crippen molar-refractivity contribution in [3.63, 3.8) is 0 Å². The first-order valence-electron chi connectivity index (χ1n) is 7.41. The summed E-state index contributed by atoms with van der Waals surface area (Å²) in [5.74, 6) is 0. The molecule has 0 aliphatic heterocycles. The lowest BCUT2D eigenvalue weighted by molar-refractivity contribution is -0.137. The standard InChI is InChI=1S/C16H25F3N2/c1-5-12(3)21(6-2)11-15(20-4)13-8-7-9-14(10-13)16(17,18)19/h7-10,12,15,20H,5-6,11H2,1-4H3. The van der Waals surface area contributed by atoms with Crippen LogP contribution in [0.3, 0.4) is 0 Å². The number of likely N-dealkylation sites (N-methyl/N-ethyl adjacent to an activating group) is 2. The van der Waals surface area contributed by atoms with E-state index >= 15 is 0 Å². The van der Waals surface area contributed by atoms with Gasteiger partial charge in [0.25, 0.3) is 0 Å². The van der Waals surface area contributed by atoms with Crippen LogP contribution in [-0.2, 0) is 6.18 Å². The SMILES string of the molecule is CCC(C)N(CC)CC(NC)c1cccc(C(F)(F)F)c1. The van der Waals surface area contributed by atoms with E-state index in [-0.39, 0.29) is 6.04 Å². The largest absolute Gasteiger partial charge is 0.416 e. The van der Waals surface area contributed by atoms with Gasteiger partial charge in [-0.2, -0.15) is 13.2 Å². The Morgan fingerprint density at radius 1 is 1.24 bits per heavy atom. The second kappa shape index (κ2) is 7.80. The zero-order valence-corrected chi connectivity index (χ0v) is 13.2. The lowest BCUT2D eigenvalue weighted by atomic mass is 10.0. The van der Waals surface area contributed by atoms with E-state index in [4.69, 9.17) is 0 Å². The fourth-order valence-electron chi connectivity index (χ4n) is 2.41. The molecular formula is C16H25F3N2. The summed E-state index contributed by atoms with van der Waals surface area (Å²) in [6.45, 7) is 7.91. The molecule has 0 heterocycles. The number of nitrogens with zero attached hydrogens (tertiary/aromatic N) is 1. The van der Waals surface area contributed by atoms with Crippen LogP contribution in [-0.4, -0.2) is 31.1 Å². The third-order valence-electron chi connectivity index (χ3n) is 4.00. The molecule has 0 fully saturated rings. The molecule has 0 aliphatic rings. The van der Waals surface area contributed by atoms with Crippen LogP contribution in [0.2, 0.25) is 0 Å². The van der Waals surface area contributed by atoms with Gasteiger partial charge in [0.05, 0.1) is 5.56 Å². The summed E-state index contributed by atoms with van der Waals surface area (Å²) in [5.41, 5.74) is 0.0842. The summed E-state index contributed by atoms with van der Waals surface area (Å²) in [6, 6.07) is 5.88. The number of benzene rings is 1. The van der Waals surface area contributed by atoms with Crippen LogP contribution in [0.15, 0.2) is 24.3 Å². The molecule has 0 spiro atoms. The van der Waals surface area contributed by atoms with Crippen LogP contribution in [0.4, 0.5) is 13.2 Å². The first-order valence-corrected chi connectivity index (χ1v) is 7.41. The fourth-order valence-corrected chi connectivity index (χ4v) is 2.41. The smallest absolute Gasteiger partial charge is 0.312 e. The Hall–Kier alpha value is -1.07. The zero-order valence-electron chi connectivity index (χ0n) is 13.2. The molecule has 0 saturated carbocycles. The molecule has 0 aliphatic carbocycles. The first kappa shape index (κ1) is 18.0. The van der Waals surface area contributed by atoms with Crippen LogP contribution >= 0.6 is 0 Å². The fraction of sp³-hybridized carbons (Fsp3) is 0.625. The lowest BCUT2D eigenvalue weighted by Crippen LogP contribution is -2.39. The minimum atomic E-state index is -4.30. The molecule has 1 aromatic carbocycles. The molecule has 120 valence electrons. The summed E-state index contributed by atoms with van der Waals surface area (Å²) < 4.78 is 38.4. The summed E-state index contributed by atoms with van der Waals surface area (Å²) >= 11 is 0. The zero-order chi connectivity index (χ0) is 16.0. The number of rotatable bonds is 7. The van der Waals surface area contributed by atoms with Gasteiger partial charge in [-0.15, -0.1) is 0 Å².